The average molecular weight is 369 g/mol. The molecule has 0 bridgehead atoms. The summed E-state index contributed by atoms with van der Waals surface area (Å²) in [7, 11) is 0. The first-order valence-corrected chi connectivity index (χ1v) is 10.1. The number of carbonyl (C=O) groups excluding carboxylic acids is 1. The van der Waals surface area contributed by atoms with Crippen molar-refractivity contribution in [3.8, 4) is 0 Å². The highest BCUT2D eigenvalue weighted by Crippen LogP contribution is 2.24. The molecule has 3 rings (SSSR count). The zero-order chi connectivity index (χ0) is 19.6. The summed E-state index contributed by atoms with van der Waals surface area (Å²) in [6.07, 6.45) is 0.907. The van der Waals surface area contributed by atoms with E-state index in [0.29, 0.717) is 5.92 Å². The van der Waals surface area contributed by atoms with Crippen molar-refractivity contribution in [2.24, 2.45) is 5.92 Å². The van der Waals surface area contributed by atoms with Gasteiger partial charge >= 0.3 is 0 Å². The van der Waals surface area contributed by atoms with Crippen LogP contribution in [0.25, 0.3) is 0 Å². The maximum absolute atomic E-state index is 13.2. The van der Waals surface area contributed by atoms with Crippen molar-refractivity contribution >= 4 is 11.6 Å². The molecular formula is C22H32N4O. The van der Waals surface area contributed by atoms with Crippen molar-refractivity contribution in [1.29, 1.82) is 0 Å². The van der Waals surface area contributed by atoms with Crippen LogP contribution < -0.4 is 4.90 Å². The molecule has 27 heavy (non-hydrogen) atoms. The summed E-state index contributed by atoms with van der Waals surface area (Å²) in [5.41, 5.74) is 4.30. The minimum atomic E-state index is 0.108. The number of anilines is 1. The normalized spacial score (nSPS) is 17.6. The molecule has 1 aliphatic heterocycles. The highest BCUT2D eigenvalue weighted by atomic mass is 16.2. The van der Waals surface area contributed by atoms with E-state index in [1.807, 2.05) is 22.6 Å². The third kappa shape index (κ3) is 4.18. The highest BCUT2D eigenvalue weighted by molar-refractivity contribution is 5.93. The van der Waals surface area contributed by atoms with Crippen molar-refractivity contribution in [3.63, 3.8) is 0 Å². The summed E-state index contributed by atoms with van der Waals surface area (Å²) < 4.78 is 1.86. The Bertz CT molecular complexity index is 795. The molecule has 1 aromatic carbocycles. The van der Waals surface area contributed by atoms with E-state index in [1.165, 1.54) is 11.3 Å². The maximum atomic E-state index is 13.2. The smallest absolute Gasteiger partial charge is 0.272 e. The molecule has 0 aliphatic carbocycles. The Balaban J connectivity index is 1.75. The molecule has 2 aromatic rings. The van der Waals surface area contributed by atoms with Gasteiger partial charge in [-0.1, -0.05) is 32.0 Å². The SMILES string of the molecule is CCn1nc(CC(C)C)cc1C(=O)N1CCN(c2ccccc2C)C[C@@H]1C. The molecule has 1 saturated heterocycles. The van der Waals surface area contributed by atoms with Gasteiger partial charge in [0.2, 0.25) is 0 Å². The van der Waals surface area contributed by atoms with Gasteiger partial charge < -0.3 is 9.80 Å². The van der Waals surface area contributed by atoms with Crippen LogP contribution in [0.2, 0.25) is 0 Å². The van der Waals surface area contributed by atoms with Crippen molar-refractivity contribution in [2.45, 2.75) is 53.6 Å². The molecule has 0 unspecified atom stereocenters. The van der Waals surface area contributed by atoms with Crippen LogP contribution in [-0.2, 0) is 13.0 Å². The average Bonchev–Trinajstić information content (AvgIpc) is 3.03. The predicted molar refractivity (Wildman–Crippen MR) is 110 cm³/mol. The van der Waals surface area contributed by atoms with Gasteiger partial charge in [0.15, 0.2) is 0 Å². The third-order valence-electron chi connectivity index (χ3n) is 5.31. The van der Waals surface area contributed by atoms with Crippen molar-refractivity contribution < 1.29 is 4.79 Å². The van der Waals surface area contributed by atoms with E-state index in [0.717, 1.165) is 44.0 Å². The van der Waals surface area contributed by atoms with Crippen molar-refractivity contribution in [2.75, 3.05) is 24.5 Å². The zero-order valence-electron chi connectivity index (χ0n) is 17.3. The molecule has 2 heterocycles. The number of nitrogens with zero attached hydrogens (tertiary/aromatic N) is 4. The van der Waals surface area contributed by atoms with E-state index in [4.69, 9.17) is 0 Å². The van der Waals surface area contributed by atoms with Gasteiger partial charge in [0.05, 0.1) is 5.69 Å². The number of benzene rings is 1. The minimum Gasteiger partial charge on any atom is -0.367 e. The van der Waals surface area contributed by atoms with Gasteiger partial charge in [0.25, 0.3) is 5.91 Å². The van der Waals surface area contributed by atoms with E-state index in [2.05, 4.69) is 62.0 Å². The van der Waals surface area contributed by atoms with Crippen LogP contribution in [0.4, 0.5) is 5.69 Å². The van der Waals surface area contributed by atoms with Gasteiger partial charge in [-0.3, -0.25) is 9.48 Å². The molecule has 1 aliphatic rings. The Hall–Kier alpha value is -2.30. The van der Waals surface area contributed by atoms with E-state index < -0.39 is 0 Å². The van der Waals surface area contributed by atoms with Gasteiger partial charge in [-0.2, -0.15) is 5.10 Å². The van der Waals surface area contributed by atoms with Gasteiger partial charge in [-0.05, 0) is 50.8 Å². The molecule has 5 nitrogen and oxygen atoms in total. The van der Waals surface area contributed by atoms with Gasteiger partial charge in [0.1, 0.15) is 5.69 Å². The molecule has 0 radical (unpaired) electrons. The Labute approximate surface area is 163 Å². The first-order valence-electron chi connectivity index (χ1n) is 10.1. The number of rotatable bonds is 5. The maximum Gasteiger partial charge on any atom is 0.272 e. The number of carbonyl (C=O) groups is 1. The molecule has 0 saturated carbocycles. The van der Waals surface area contributed by atoms with Crippen LogP contribution in [-0.4, -0.2) is 46.3 Å². The van der Waals surface area contributed by atoms with Crippen LogP contribution in [0.5, 0.6) is 0 Å². The van der Waals surface area contributed by atoms with Crippen LogP contribution in [0, 0.1) is 12.8 Å². The molecule has 1 atom stereocenters. The number of aryl methyl sites for hydroxylation is 2. The Morgan fingerprint density at radius 2 is 2.00 bits per heavy atom. The molecule has 1 aromatic heterocycles. The first-order chi connectivity index (χ1) is 12.9. The monoisotopic (exact) mass is 368 g/mol. The van der Waals surface area contributed by atoms with E-state index in [1.54, 1.807) is 0 Å². The second kappa shape index (κ2) is 8.15. The lowest BCUT2D eigenvalue weighted by atomic mass is 10.1. The second-order valence-corrected chi connectivity index (χ2v) is 8.01. The van der Waals surface area contributed by atoms with Crippen molar-refractivity contribution in [3.05, 3.63) is 47.3 Å². The summed E-state index contributed by atoms with van der Waals surface area (Å²) in [4.78, 5) is 17.7. The van der Waals surface area contributed by atoms with E-state index in [9.17, 15) is 4.79 Å². The van der Waals surface area contributed by atoms with Gasteiger partial charge in [-0.25, -0.2) is 0 Å². The van der Waals surface area contributed by atoms with Crippen LogP contribution in [0.3, 0.4) is 0 Å². The van der Waals surface area contributed by atoms with Crippen LogP contribution >= 0.6 is 0 Å². The Morgan fingerprint density at radius 1 is 1.26 bits per heavy atom. The Morgan fingerprint density at radius 3 is 2.63 bits per heavy atom. The van der Waals surface area contributed by atoms with Gasteiger partial charge in [-0.15, -0.1) is 0 Å². The topological polar surface area (TPSA) is 41.4 Å². The summed E-state index contributed by atoms with van der Waals surface area (Å²) in [5, 5.41) is 4.64. The molecule has 1 fully saturated rings. The van der Waals surface area contributed by atoms with Crippen LogP contribution in [0.15, 0.2) is 30.3 Å². The molecule has 0 spiro atoms. The summed E-state index contributed by atoms with van der Waals surface area (Å²) in [6.45, 7) is 13.9. The molecule has 0 N–H and O–H groups in total. The molecular weight excluding hydrogens is 336 g/mol. The lowest BCUT2D eigenvalue weighted by molar-refractivity contribution is 0.0661. The fourth-order valence-electron chi connectivity index (χ4n) is 3.94. The predicted octanol–water partition coefficient (Wildman–Crippen LogP) is 3.76. The lowest BCUT2D eigenvalue weighted by Gasteiger charge is -2.41. The second-order valence-electron chi connectivity index (χ2n) is 8.01. The fraction of sp³-hybridized carbons (Fsp3) is 0.545. The standard InChI is InChI=1S/C22H32N4O/c1-6-26-21(14-19(23-26)13-16(2)3)22(27)25-12-11-24(15-18(25)5)20-10-8-7-9-17(20)4/h7-10,14,16,18H,6,11-13,15H2,1-5H3/t18-/m0/s1. The van der Waals surface area contributed by atoms with E-state index >= 15 is 0 Å². The minimum absolute atomic E-state index is 0.108. The highest BCUT2D eigenvalue weighted by Gasteiger charge is 2.30. The molecule has 146 valence electrons. The number of aromatic nitrogens is 2. The quantitative estimate of drug-likeness (QED) is 0.807. The summed E-state index contributed by atoms with van der Waals surface area (Å²) >= 11 is 0. The Kier molecular flexibility index (Phi) is 5.88. The number of hydrogen-bond acceptors (Lipinski definition) is 3. The van der Waals surface area contributed by atoms with E-state index in [-0.39, 0.29) is 11.9 Å². The number of hydrogen-bond donors (Lipinski definition) is 0. The first kappa shape index (κ1) is 19.5. The third-order valence-corrected chi connectivity index (χ3v) is 5.31. The largest absolute Gasteiger partial charge is 0.367 e. The summed E-state index contributed by atoms with van der Waals surface area (Å²) in [6, 6.07) is 10.6. The number of amides is 1. The lowest BCUT2D eigenvalue weighted by Crippen LogP contribution is -2.54. The number of piperazine rings is 1. The van der Waals surface area contributed by atoms with Gasteiger partial charge in [0, 0.05) is 37.9 Å². The van der Waals surface area contributed by atoms with Crippen molar-refractivity contribution in [1.82, 2.24) is 14.7 Å². The van der Waals surface area contributed by atoms with Crippen LogP contribution in [0.1, 0.15) is 49.4 Å². The number of para-hydroxylation sites is 1. The molecule has 1 amide bonds. The summed E-state index contributed by atoms with van der Waals surface area (Å²) in [5.74, 6) is 0.640. The zero-order valence-corrected chi connectivity index (χ0v) is 17.3. The molecule has 5 heteroatoms. The fourth-order valence-corrected chi connectivity index (χ4v) is 3.94.